The van der Waals surface area contributed by atoms with E-state index in [1.54, 1.807) is 0 Å². The Morgan fingerprint density at radius 1 is 0.895 bits per heavy atom. The Morgan fingerprint density at radius 3 is 2.34 bits per heavy atom. The molecule has 7 heteroatoms. The summed E-state index contributed by atoms with van der Waals surface area (Å²) < 4.78 is 0. The first-order chi connectivity index (χ1) is 18.5. The number of halogens is 1. The van der Waals surface area contributed by atoms with Gasteiger partial charge in [0.1, 0.15) is 0 Å². The van der Waals surface area contributed by atoms with E-state index in [9.17, 15) is 9.59 Å². The van der Waals surface area contributed by atoms with Crippen molar-refractivity contribution < 1.29 is 14.7 Å². The highest BCUT2D eigenvalue weighted by Crippen LogP contribution is 2.30. The number of nitrogens with zero attached hydrogens (tertiary/aromatic N) is 3. The van der Waals surface area contributed by atoms with Crippen molar-refractivity contribution in [3.8, 4) is 11.3 Å². The van der Waals surface area contributed by atoms with E-state index in [-0.39, 0.29) is 12.3 Å². The van der Waals surface area contributed by atoms with Gasteiger partial charge in [0.2, 0.25) is 0 Å². The molecule has 0 spiro atoms. The van der Waals surface area contributed by atoms with E-state index >= 15 is 0 Å². The van der Waals surface area contributed by atoms with Crippen molar-refractivity contribution in [1.29, 1.82) is 0 Å². The Hall–Kier alpha value is -3.77. The highest BCUT2D eigenvalue weighted by Gasteiger charge is 2.25. The van der Waals surface area contributed by atoms with Crippen molar-refractivity contribution in [2.24, 2.45) is 0 Å². The third-order valence-corrected chi connectivity index (χ3v) is 7.46. The van der Waals surface area contributed by atoms with Gasteiger partial charge in [0, 0.05) is 35.7 Å². The van der Waals surface area contributed by atoms with Crippen LogP contribution in [0.3, 0.4) is 0 Å². The van der Waals surface area contributed by atoms with Gasteiger partial charge in [0.05, 0.1) is 22.4 Å². The van der Waals surface area contributed by atoms with Crippen LogP contribution in [0.4, 0.5) is 0 Å². The minimum Gasteiger partial charge on any atom is -0.481 e. The maximum Gasteiger partial charge on any atom is 0.303 e. The Labute approximate surface area is 227 Å². The van der Waals surface area contributed by atoms with Crippen LogP contribution in [0.1, 0.15) is 59.6 Å². The number of hydrogen-bond donors (Lipinski definition) is 1. The van der Waals surface area contributed by atoms with Crippen molar-refractivity contribution in [2.45, 2.75) is 44.4 Å². The van der Waals surface area contributed by atoms with Crippen molar-refractivity contribution in [3.05, 3.63) is 94.6 Å². The zero-order chi connectivity index (χ0) is 26.5. The van der Waals surface area contributed by atoms with Crippen LogP contribution in [-0.2, 0) is 11.2 Å². The molecule has 1 fully saturated rings. The van der Waals surface area contributed by atoms with Gasteiger partial charge in [-0.25, -0.2) is 9.97 Å². The van der Waals surface area contributed by atoms with Gasteiger partial charge in [0.15, 0.2) is 0 Å². The van der Waals surface area contributed by atoms with E-state index in [0.717, 1.165) is 40.3 Å². The molecule has 38 heavy (non-hydrogen) atoms. The van der Waals surface area contributed by atoms with Crippen LogP contribution in [0.5, 0.6) is 0 Å². The molecular weight excluding hydrogens is 498 g/mol. The van der Waals surface area contributed by atoms with Gasteiger partial charge >= 0.3 is 5.97 Å². The lowest BCUT2D eigenvalue weighted by Crippen LogP contribution is -2.37. The van der Waals surface area contributed by atoms with Gasteiger partial charge in [-0.3, -0.25) is 9.59 Å². The SMILES string of the molecule is O=C(O)CCCCc1nc2cc(C(=O)N3CCC(c4ccc(Cl)cc4)CC3)ccc2nc1-c1ccccc1. The number of fused-ring (bicyclic) bond motifs is 1. The number of piperidine rings is 1. The number of hydrogen-bond acceptors (Lipinski definition) is 4. The van der Waals surface area contributed by atoms with Gasteiger partial charge in [-0.1, -0.05) is 54.1 Å². The molecular formula is C31H30ClN3O3. The molecule has 1 aromatic heterocycles. The Balaban J connectivity index is 1.35. The molecule has 2 heterocycles. The molecule has 0 bridgehead atoms. The summed E-state index contributed by atoms with van der Waals surface area (Å²) in [4.78, 5) is 36.1. The maximum absolute atomic E-state index is 13.4. The lowest BCUT2D eigenvalue weighted by atomic mass is 9.89. The second-order valence-corrected chi connectivity index (χ2v) is 10.2. The second kappa shape index (κ2) is 11.7. The first-order valence-electron chi connectivity index (χ1n) is 13.1. The van der Waals surface area contributed by atoms with Crippen LogP contribution in [0.2, 0.25) is 5.02 Å². The summed E-state index contributed by atoms with van der Waals surface area (Å²) in [6.45, 7) is 1.41. The summed E-state index contributed by atoms with van der Waals surface area (Å²) in [6, 6.07) is 23.5. The predicted octanol–water partition coefficient (Wildman–Crippen LogP) is 6.77. The summed E-state index contributed by atoms with van der Waals surface area (Å²) in [7, 11) is 0. The molecule has 3 aromatic carbocycles. The van der Waals surface area contributed by atoms with Gasteiger partial charge in [-0.2, -0.15) is 0 Å². The minimum atomic E-state index is -0.793. The maximum atomic E-state index is 13.4. The quantitative estimate of drug-likeness (QED) is 0.256. The third-order valence-electron chi connectivity index (χ3n) is 7.21. The number of amides is 1. The largest absolute Gasteiger partial charge is 0.481 e. The lowest BCUT2D eigenvalue weighted by molar-refractivity contribution is -0.137. The molecule has 1 aliphatic heterocycles. The number of carbonyl (C=O) groups is 2. The smallest absolute Gasteiger partial charge is 0.303 e. The molecule has 6 nitrogen and oxygen atoms in total. The molecule has 1 N–H and O–H groups in total. The van der Waals surface area contributed by atoms with E-state index in [1.807, 2.05) is 65.6 Å². The van der Waals surface area contributed by atoms with Crippen LogP contribution in [0, 0.1) is 0 Å². The summed E-state index contributed by atoms with van der Waals surface area (Å²) in [6.07, 6.45) is 3.87. The number of likely N-dealkylation sites (tertiary alicyclic amines) is 1. The standard InChI is InChI=1S/C31H30ClN3O3/c32-25-13-10-21(11-14-25)22-16-18-35(19-17-22)31(38)24-12-15-26-28(20-24)33-27(8-4-5-9-29(36)37)30(34-26)23-6-2-1-3-7-23/h1-3,6-7,10-15,20,22H,4-5,8-9,16-19H2,(H,36,37). The molecule has 5 rings (SSSR count). The van der Waals surface area contributed by atoms with Crippen LogP contribution in [-0.4, -0.2) is 44.9 Å². The average Bonchev–Trinajstić information content (AvgIpc) is 2.95. The van der Waals surface area contributed by atoms with E-state index < -0.39 is 5.97 Å². The molecule has 0 unspecified atom stereocenters. The highest BCUT2D eigenvalue weighted by molar-refractivity contribution is 6.30. The monoisotopic (exact) mass is 527 g/mol. The highest BCUT2D eigenvalue weighted by atomic mass is 35.5. The van der Waals surface area contributed by atoms with E-state index in [0.29, 0.717) is 49.4 Å². The van der Waals surface area contributed by atoms with E-state index in [1.165, 1.54) is 5.56 Å². The molecule has 0 aliphatic carbocycles. The fourth-order valence-electron chi connectivity index (χ4n) is 5.13. The first-order valence-corrected chi connectivity index (χ1v) is 13.5. The molecule has 0 radical (unpaired) electrons. The van der Waals surface area contributed by atoms with Crippen molar-refractivity contribution in [2.75, 3.05) is 13.1 Å². The predicted molar refractivity (Wildman–Crippen MR) is 149 cm³/mol. The fraction of sp³-hybridized carbons (Fsp3) is 0.290. The lowest BCUT2D eigenvalue weighted by Gasteiger charge is -2.32. The van der Waals surface area contributed by atoms with Crippen molar-refractivity contribution in [3.63, 3.8) is 0 Å². The zero-order valence-electron chi connectivity index (χ0n) is 21.1. The van der Waals surface area contributed by atoms with Gasteiger partial charge in [-0.05, 0) is 73.9 Å². The number of aliphatic carboxylic acids is 1. The number of aryl methyl sites for hydroxylation is 1. The number of benzene rings is 3. The van der Waals surface area contributed by atoms with Crippen LogP contribution in [0.15, 0.2) is 72.8 Å². The number of carbonyl (C=O) groups excluding carboxylic acids is 1. The Morgan fingerprint density at radius 2 is 1.63 bits per heavy atom. The Kier molecular flexibility index (Phi) is 7.99. The minimum absolute atomic E-state index is 0.0124. The fourth-order valence-corrected chi connectivity index (χ4v) is 5.25. The van der Waals surface area contributed by atoms with Crippen molar-refractivity contribution in [1.82, 2.24) is 14.9 Å². The zero-order valence-corrected chi connectivity index (χ0v) is 21.9. The van der Waals surface area contributed by atoms with Crippen LogP contribution < -0.4 is 0 Å². The topological polar surface area (TPSA) is 83.4 Å². The number of carboxylic acids is 1. The second-order valence-electron chi connectivity index (χ2n) is 9.81. The average molecular weight is 528 g/mol. The molecule has 4 aromatic rings. The van der Waals surface area contributed by atoms with Crippen LogP contribution >= 0.6 is 11.6 Å². The summed E-state index contributed by atoms with van der Waals surface area (Å²) in [5, 5.41) is 9.72. The van der Waals surface area contributed by atoms with Crippen LogP contribution in [0.25, 0.3) is 22.3 Å². The third kappa shape index (κ3) is 6.03. The van der Waals surface area contributed by atoms with E-state index in [2.05, 4.69) is 12.1 Å². The summed E-state index contributed by atoms with van der Waals surface area (Å²) in [5.41, 5.74) is 5.89. The molecule has 194 valence electrons. The van der Waals surface area contributed by atoms with Gasteiger partial charge in [-0.15, -0.1) is 0 Å². The first kappa shape index (κ1) is 25.9. The number of unbranched alkanes of at least 4 members (excludes halogenated alkanes) is 1. The summed E-state index contributed by atoms with van der Waals surface area (Å²) >= 11 is 6.03. The number of aromatic nitrogens is 2. The normalized spacial score (nSPS) is 14.1. The summed E-state index contributed by atoms with van der Waals surface area (Å²) in [5.74, 6) is -0.351. The molecule has 1 aliphatic rings. The van der Waals surface area contributed by atoms with Crippen molar-refractivity contribution >= 4 is 34.5 Å². The molecule has 1 saturated heterocycles. The molecule has 0 saturated carbocycles. The van der Waals surface area contributed by atoms with Gasteiger partial charge in [0.25, 0.3) is 5.91 Å². The van der Waals surface area contributed by atoms with E-state index in [4.69, 9.17) is 26.7 Å². The Bertz CT molecular complexity index is 1430. The number of rotatable bonds is 8. The molecule has 0 atom stereocenters. The molecule has 1 amide bonds. The van der Waals surface area contributed by atoms with Gasteiger partial charge < -0.3 is 10.0 Å². The number of carboxylic acid groups (broad SMARTS) is 1.